The van der Waals surface area contributed by atoms with E-state index in [2.05, 4.69) is 0 Å². The van der Waals surface area contributed by atoms with Crippen LogP contribution < -0.4 is 5.73 Å². The Morgan fingerprint density at radius 3 is 2.67 bits per heavy atom. The number of benzene rings is 1. The van der Waals surface area contributed by atoms with Gasteiger partial charge in [0.15, 0.2) is 5.60 Å². The first-order chi connectivity index (χ1) is 6.93. The van der Waals surface area contributed by atoms with Gasteiger partial charge in [-0.3, -0.25) is 0 Å². The van der Waals surface area contributed by atoms with Gasteiger partial charge in [-0.1, -0.05) is 12.1 Å². The third-order valence-electron chi connectivity index (χ3n) is 1.89. The van der Waals surface area contributed by atoms with E-state index < -0.39 is 11.6 Å². The number of carbonyl (C=O) groups is 1. The number of thioether (sulfide) groups is 1. The number of rotatable bonds is 4. The van der Waals surface area contributed by atoms with Crippen LogP contribution in [0.4, 0.5) is 5.69 Å². The van der Waals surface area contributed by atoms with Crippen molar-refractivity contribution in [3.8, 4) is 0 Å². The summed E-state index contributed by atoms with van der Waals surface area (Å²) in [6.07, 6.45) is 0. The fourth-order valence-corrected chi connectivity index (χ4v) is 1.86. The molecule has 0 fully saturated rings. The molecule has 1 atom stereocenters. The van der Waals surface area contributed by atoms with Crippen molar-refractivity contribution in [1.82, 2.24) is 0 Å². The Balaban J connectivity index is 2.66. The van der Waals surface area contributed by atoms with Crippen molar-refractivity contribution in [3.63, 3.8) is 0 Å². The van der Waals surface area contributed by atoms with E-state index in [0.29, 0.717) is 5.69 Å². The van der Waals surface area contributed by atoms with E-state index in [1.54, 1.807) is 18.2 Å². The van der Waals surface area contributed by atoms with E-state index in [0.717, 1.165) is 4.90 Å². The van der Waals surface area contributed by atoms with Crippen molar-refractivity contribution in [2.45, 2.75) is 17.4 Å². The first-order valence-corrected chi connectivity index (χ1v) is 5.35. The van der Waals surface area contributed by atoms with Crippen LogP contribution in [0.5, 0.6) is 0 Å². The number of nitrogen functional groups attached to an aromatic ring is 1. The second kappa shape index (κ2) is 4.55. The van der Waals surface area contributed by atoms with Gasteiger partial charge in [-0.15, -0.1) is 11.8 Å². The highest BCUT2D eigenvalue weighted by atomic mass is 32.2. The van der Waals surface area contributed by atoms with Crippen LogP contribution in [-0.2, 0) is 4.79 Å². The first-order valence-electron chi connectivity index (χ1n) is 4.36. The summed E-state index contributed by atoms with van der Waals surface area (Å²) < 4.78 is 0. The van der Waals surface area contributed by atoms with Crippen molar-refractivity contribution < 1.29 is 15.0 Å². The van der Waals surface area contributed by atoms with Gasteiger partial charge in [0.25, 0.3) is 0 Å². The van der Waals surface area contributed by atoms with Crippen LogP contribution >= 0.6 is 11.8 Å². The summed E-state index contributed by atoms with van der Waals surface area (Å²) in [5.74, 6) is -1.17. The number of para-hydroxylation sites is 1. The molecule has 0 bridgehead atoms. The lowest BCUT2D eigenvalue weighted by atomic mass is 10.1. The molecule has 5 heteroatoms. The first kappa shape index (κ1) is 11.9. The molecule has 1 rings (SSSR count). The van der Waals surface area contributed by atoms with Gasteiger partial charge in [0.05, 0.1) is 0 Å². The molecule has 82 valence electrons. The molecular formula is C10H13NO3S. The zero-order valence-corrected chi connectivity index (χ0v) is 9.12. The molecule has 0 radical (unpaired) electrons. The molecule has 0 amide bonds. The topological polar surface area (TPSA) is 83.5 Å². The van der Waals surface area contributed by atoms with Gasteiger partial charge in [0, 0.05) is 16.3 Å². The van der Waals surface area contributed by atoms with Gasteiger partial charge in [-0.2, -0.15) is 0 Å². The Bertz CT molecular complexity index is 365. The van der Waals surface area contributed by atoms with Crippen molar-refractivity contribution >= 4 is 23.4 Å². The second-order valence-corrected chi connectivity index (χ2v) is 4.42. The molecule has 0 aliphatic carbocycles. The smallest absolute Gasteiger partial charge is 0.336 e. The molecule has 0 aliphatic rings. The van der Waals surface area contributed by atoms with Crippen molar-refractivity contribution in [1.29, 1.82) is 0 Å². The van der Waals surface area contributed by atoms with Crippen molar-refractivity contribution in [2.75, 3.05) is 11.5 Å². The monoisotopic (exact) mass is 227 g/mol. The molecule has 1 aromatic carbocycles. The van der Waals surface area contributed by atoms with E-state index in [1.807, 2.05) is 6.07 Å². The number of hydrogen-bond acceptors (Lipinski definition) is 4. The number of aliphatic hydroxyl groups is 1. The second-order valence-electron chi connectivity index (χ2n) is 3.41. The summed E-state index contributed by atoms with van der Waals surface area (Å²) in [6.45, 7) is 1.27. The molecule has 0 aromatic heterocycles. The third kappa shape index (κ3) is 3.14. The quantitative estimate of drug-likeness (QED) is 0.531. The maximum atomic E-state index is 10.6. The van der Waals surface area contributed by atoms with Gasteiger partial charge in [0.2, 0.25) is 0 Å². The minimum Gasteiger partial charge on any atom is -0.479 e. The lowest BCUT2D eigenvalue weighted by Crippen LogP contribution is -2.37. The van der Waals surface area contributed by atoms with E-state index >= 15 is 0 Å². The third-order valence-corrected chi connectivity index (χ3v) is 3.28. The summed E-state index contributed by atoms with van der Waals surface area (Å²) >= 11 is 1.23. The van der Waals surface area contributed by atoms with Gasteiger partial charge in [-0.05, 0) is 19.1 Å². The van der Waals surface area contributed by atoms with Crippen LogP contribution in [0, 0.1) is 0 Å². The predicted octanol–water partition coefficient (Wildman–Crippen LogP) is 1.20. The number of anilines is 1. The lowest BCUT2D eigenvalue weighted by Gasteiger charge is -2.17. The Hall–Kier alpha value is -1.20. The summed E-state index contributed by atoms with van der Waals surface area (Å²) in [5, 5.41) is 18.2. The Morgan fingerprint density at radius 2 is 2.13 bits per heavy atom. The highest BCUT2D eigenvalue weighted by Gasteiger charge is 2.29. The van der Waals surface area contributed by atoms with Crippen LogP contribution in [0.1, 0.15) is 6.92 Å². The fraction of sp³-hybridized carbons (Fsp3) is 0.300. The Morgan fingerprint density at radius 1 is 1.53 bits per heavy atom. The number of nitrogens with two attached hydrogens (primary N) is 1. The van der Waals surface area contributed by atoms with Crippen LogP contribution in [0.3, 0.4) is 0 Å². The molecule has 0 aliphatic heterocycles. The standard InChI is InChI=1S/C10H13NO3S/c1-10(14,9(12)13)6-15-8-5-3-2-4-7(8)11/h2-5,14H,6,11H2,1H3,(H,12,13). The highest BCUT2D eigenvalue weighted by molar-refractivity contribution is 7.99. The average Bonchev–Trinajstić information content (AvgIpc) is 2.16. The van der Waals surface area contributed by atoms with Crippen LogP contribution in [0.25, 0.3) is 0 Å². The lowest BCUT2D eigenvalue weighted by molar-refractivity contribution is -0.154. The Labute approximate surface area is 92.1 Å². The molecule has 0 saturated heterocycles. The van der Waals surface area contributed by atoms with Gasteiger partial charge >= 0.3 is 5.97 Å². The molecule has 0 heterocycles. The summed E-state index contributed by atoms with van der Waals surface area (Å²) in [6, 6.07) is 7.14. The number of hydrogen-bond donors (Lipinski definition) is 3. The molecule has 4 nitrogen and oxygen atoms in total. The summed E-state index contributed by atoms with van der Waals surface area (Å²) in [7, 11) is 0. The Kier molecular flexibility index (Phi) is 3.60. The number of carboxylic acid groups (broad SMARTS) is 1. The molecule has 4 N–H and O–H groups in total. The minimum absolute atomic E-state index is 0.0660. The minimum atomic E-state index is -1.73. The van der Waals surface area contributed by atoms with Crippen LogP contribution in [0.2, 0.25) is 0 Å². The molecule has 1 unspecified atom stereocenters. The fourth-order valence-electron chi connectivity index (χ4n) is 0.892. The molecular weight excluding hydrogens is 214 g/mol. The molecule has 15 heavy (non-hydrogen) atoms. The zero-order chi connectivity index (χ0) is 11.5. The number of aliphatic carboxylic acids is 1. The van der Waals surface area contributed by atoms with E-state index in [4.69, 9.17) is 10.8 Å². The zero-order valence-electron chi connectivity index (χ0n) is 8.30. The van der Waals surface area contributed by atoms with Gasteiger partial charge < -0.3 is 15.9 Å². The summed E-state index contributed by atoms with van der Waals surface area (Å²) in [4.78, 5) is 11.4. The van der Waals surface area contributed by atoms with E-state index in [9.17, 15) is 9.90 Å². The molecule has 0 spiro atoms. The normalized spacial score (nSPS) is 14.5. The summed E-state index contributed by atoms with van der Waals surface area (Å²) in [5.41, 5.74) is 4.53. The molecule has 0 saturated carbocycles. The van der Waals surface area contributed by atoms with E-state index in [-0.39, 0.29) is 5.75 Å². The maximum absolute atomic E-state index is 10.6. The van der Waals surface area contributed by atoms with Gasteiger partial charge in [-0.25, -0.2) is 4.79 Å². The largest absolute Gasteiger partial charge is 0.479 e. The van der Waals surface area contributed by atoms with Crippen LogP contribution in [-0.4, -0.2) is 27.5 Å². The maximum Gasteiger partial charge on any atom is 0.336 e. The number of carboxylic acids is 1. The average molecular weight is 227 g/mol. The SMILES string of the molecule is CC(O)(CSc1ccccc1N)C(=O)O. The predicted molar refractivity (Wildman–Crippen MR) is 59.8 cm³/mol. The van der Waals surface area contributed by atoms with Crippen molar-refractivity contribution in [3.05, 3.63) is 24.3 Å². The van der Waals surface area contributed by atoms with E-state index in [1.165, 1.54) is 18.7 Å². The highest BCUT2D eigenvalue weighted by Crippen LogP contribution is 2.27. The molecule has 1 aromatic rings. The van der Waals surface area contributed by atoms with Crippen LogP contribution in [0.15, 0.2) is 29.2 Å². The van der Waals surface area contributed by atoms with Gasteiger partial charge in [0.1, 0.15) is 0 Å². The van der Waals surface area contributed by atoms with Crippen molar-refractivity contribution in [2.24, 2.45) is 0 Å².